The molecule has 2 unspecified atom stereocenters. The average molecular weight is 1020 g/mol. The molecule has 72 heavy (non-hydrogen) atoms. The van der Waals surface area contributed by atoms with Crippen molar-refractivity contribution >= 4 is 17.9 Å². The summed E-state index contributed by atoms with van der Waals surface area (Å²) in [5.74, 6) is -2.25. The minimum atomic E-state index is -1.61. The SMILES string of the molecule is CCCCCCCCCCCCCCCCCCCCCCCCCCCCCCCCCCCCCC(=O)OC(COC(=O)CCCCCCCCCCCCCC)COC(OCC[N+](C)(C)C)C(=O)[O-]. The number of unbranched alkanes of at least 4 members (excludes halogenated alkanes) is 45. The number of ether oxygens (including phenoxy) is 4. The molecule has 0 aromatic carbocycles. The zero-order valence-electron chi connectivity index (χ0n) is 48.8. The van der Waals surface area contributed by atoms with Gasteiger partial charge in [0.2, 0.25) is 0 Å². The van der Waals surface area contributed by atoms with E-state index >= 15 is 0 Å². The van der Waals surface area contributed by atoms with Gasteiger partial charge in [-0.05, 0) is 12.8 Å². The summed E-state index contributed by atoms with van der Waals surface area (Å²) in [5, 5.41) is 11.8. The standard InChI is InChI=1S/C63H123NO8/c1-6-8-10-12-14-16-18-20-21-22-23-24-25-26-27-28-29-30-31-32-33-34-35-36-37-38-39-40-41-42-44-46-48-50-52-54-61(66)72-59(58-71-63(62(67)68)69-56-55-64(3,4)5)57-70-60(65)53-51-49-47-45-43-19-17-15-13-11-9-7-2/h59,63H,6-58H2,1-5H3. The van der Waals surface area contributed by atoms with E-state index in [9.17, 15) is 19.5 Å². The fraction of sp³-hybridized carbons (Fsp3) is 0.952. The van der Waals surface area contributed by atoms with Crippen LogP contribution < -0.4 is 5.11 Å². The van der Waals surface area contributed by atoms with Crippen LogP contribution >= 0.6 is 0 Å². The number of aliphatic carboxylic acids is 1. The van der Waals surface area contributed by atoms with Crippen molar-refractivity contribution < 1.29 is 42.9 Å². The third-order valence-electron chi connectivity index (χ3n) is 14.6. The highest BCUT2D eigenvalue weighted by Gasteiger charge is 2.22. The second kappa shape index (κ2) is 55.5. The van der Waals surface area contributed by atoms with Crippen LogP contribution in [0, 0.1) is 0 Å². The van der Waals surface area contributed by atoms with E-state index in [-0.39, 0.29) is 32.2 Å². The maximum absolute atomic E-state index is 12.9. The van der Waals surface area contributed by atoms with Crippen molar-refractivity contribution in [1.29, 1.82) is 0 Å². The Kier molecular flexibility index (Phi) is 54.2. The number of quaternary nitrogens is 1. The fourth-order valence-electron chi connectivity index (χ4n) is 9.72. The molecule has 0 spiro atoms. The van der Waals surface area contributed by atoms with E-state index in [0.717, 1.165) is 38.5 Å². The van der Waals surface area contributed by atoms with Crippen LogP contribution in [0.3, 0.4) is 0 Å². The van der Waals surface area contributed by atoms with E-state index in [2.05, 4.69) is 13.8 Å². The third kappa shape index (κ3) is 56.0. The number of esters is 2. The number of carboxylic acid groups (broad SMARTS) is 1. The molecule has 0 aliphatic heterocycles. The van der Waals surface area contributed by atoms with Gasteiger partial charge in [-0.15, -0.1) is 0 Å². The topological polar surface area (TPSA) is 111 Å². The third-order valence-corrected chi connectivity index (χ3v) is 14.6. The van der Waals surface area contributed by atoms with Crippen LogP contribution in [0.15, 0.2) is 0 Å². The molecular weight excluding hydrogens is 899 g/mol. The number of hydrogen-bond acceptors (Lipinski definition) is 8. The number of carbonyl (C=O) groups is 3. The number of hydrogen-bond donors (Lipinski definition) is 0. The smallest absolute Gasteiger partial charge is 0.306 e. The predicted octanol–water partition coefficient (Wildman–Crippen LogP) is 17.4. The summed E-state index contributed by atoms with van der Waals surface area (Å²) in [6, 6.07) is 0. The minimum absolute atomic E-state index is 0.153. The van der Waals surface area contributed by atoms with Gasteiger partial charge in [0.15, 0.2) is 12.4 Å². The van der Waals surface area contributed by atoms with E-state index in [0.29, 0.717) is 17.4 Å². The van der Waals surface area contributed by atoms with Crippen molar-refractivity contribution in [3.05, 3.63) is 0 Å². The zero-order chi connectivity index (χ0) is 52.7. The van der Waals surface area contributed by atoms with Crippen LogP contribution in [0.2, 0.25) is 0 Å². The second-order valence-corrected chi connectivity index (χ2v) is 23.1. The summed E-state index contributed by atoms with van der Waals surface area (Å²) in [6.45, 7) is 4.80. The molecule has 0 aliphatic carbocycles. The molecule has 0 fully saturated rings. The molecule has 0 amide bonds. The van der Waals surface area contributed by atoms with Crippen molar-refractivity contribution in [3.63, 3.8) is 0 Å². The summed E-state index contributed by atoms with van der Waals surface area (Å²) >= 11 is 0. The van der Waals surface area contributed by atoms with Gasteiger partial charge in [0.05, 0.1) is 40.3 Å². The Morgan fingerprint density at radius 2 is 0.625 bits per heavy atom. The van der Waals surface area contributed by atoms with Gasteiger partial charge in [0.25, 0.3) is 0 Å². The lowest BCUT2D eigenvalue weighted by Crippen LogP contribution is -2.44. The molecule has 0 saturated heterocycles. The first-order valence-corrected chi connectivity index (χ1v) is 31.7. The van der Waals surface area contributed by atoms with E-state index in [1.165, 1.54) is 263 Å². The van der Waals surface area contributed by atoms with E-state index in [1.54, 1.807) is 0 Å². The highest BCUT2D eigenvalue weighted by Crippen LogP contribution is 2.19. The van der Waals surface area contributed by atoms with Gasteiger partial charge >= 0.3 is 11.9 Å². The summed E-state index contributed by atoms with van der Waals surface area (Å²) in [5.41, 5.74) is 0. The first-order chi connectivity index (χ1) is 35.1. The maximum atomic E-state index is 12.9. The Morgan fingerprint density at radius 3 is 0.889 bits per heavy atom. The normalized spacial score (nSPS) is 12.6. The molecule has 428 valence electrons. The molecule has 9 heteroatoms. The molecule has 0 aromatic heterocycles. The van der Waals surface area contributed by atoms with Gasteiger partial charge in [-0.3, -0.25) is 9.59 Å². The molecule has 0 saturated carbocycles. The predicted molar refractivity (Wildman–Crippen MR) is 302 cm³/mol. The molecule has 2 atom stereocenters. The van der Waals surface area contributed by atoms with E-state index in [1.807, 2.05) is 21.1 Å². The summed E-state index contributed by atoms with van der Waals surface area (Å²) in [6.07, 6.45) is 60.5. The van der Waals surface area contributed by atoms with Crippen LogP contribution in [0.25, 0.3) is 0 Å². The largest absolute Gasteiger partial charge is 0.545 e. The molecular formula is C63H123NO8. The molecule has 0 radical (unpaired) electrons. The highest BCUT2D eigenvalue weighted by atomic mass is 16.7. The van der Waals surface area contributed by atoms with Crippen molar-refractivity contribution in [3.8, 4) is 0 Å². The molecule has 0 N–H and O–H groups in total. The van der Waals surface area contributed by atoms with Crippen molar-refractivity contribution in [2.75, 3.05) is 47.5 Å². The summed E-state index contributed by atoms with van der Waals surface area (Å²) in [4.78, 5) is 37.2. The number of carboxylic acids is 1. The maximum Gasteiger partial charge on any atom is 0.306 e. The molecule has 9 nitrogen and oxygen atoms in total. The van der Waals surface area contributed by atoms with Crippen LogP contribution in [0.4, 0.5) is 0 Å². The van der Waals surface area contributed by atoms with Crippen LogP contribution in [-0.4, -0.2) is 82.3 Å². The number of likely N-dealkylation sites (N-methyl/N-ethyl adjacent to an activating group) is 1. The Bertz CT molecular complexity index is 1140. The fourth-order valence-corrected chi connectivity index (χ4v) is 9.72. The lowest BCUT2D eigenvalue weighted by molar-refractivity contribution is -0.870. The Balaban J connectivity index is 3.93. The first-order valence-electron chi connectivity index (χ1n) is 31.7. The number of nitrogens with zero attached hydrogens (tertiary/aromatic N) is 1. The number of carbonyl (C=O) groups excluding carboxylic acids is 3. The van der Waals surface area contributed by atoms with Crippen molar-refractivity contribution in [2.24, 2.45) is 0 Å². The summed E-state index contributed by atoms with van der Waals surface area (Å²) < 4.78 is 22.7. The average Bonchev–Trinajstić information content (AvgIpc) is 3.35. The number of rotatable bonds is 60. The van der Waals surface area contributed by atoms with Crippen LogP contribution in [0.1, 0.15) is 328 Å². The van der Waals surface area contributed by atoms with Gasteiger partial charge in [0.1, 0.15) is 13.2 Å². The molecule has 0 bridgehead atoms. The Morgan fingerprint density at radius 1 is 0.361 bits per heavy atom. The highest BCUT2D eigenvalue weighted by molar-refractivity contribution is 5.70. The van der Waals surface area contributed by atoms with E-state index < -0.39 is 24.3 Å². The Hall–Kier alpha value is -1.71. The summed E-state index contributed by atoms with van der Waals surface area (Å²) in [7, 11) is 5.93. The molecule has 0 heterocycles. The molecule has 0 rings (SSSR count). The quantitative estimate of drug-likeness (QED) is 0.0256. The van der Waals surface area contributed by atoms with E-state index in [4.69, 9.17) is 18.9 Å². The lowest BCUT2D eigenvalue weighted by Gasteiger charge is -2.26. The van der Waals surface area contributed by atoms with Gasteiger partial charge in [-0.25, -0.2) is 0 Å². The Labute approximate surface area is 447 Å². The van der Waals surface area contributed by atoms with Gasteiger partial charge < -0.3 is 33.3 Å². The van der Waals surface area contributed by atoms with Crippen LogP contribution in [-0.2, 0) is 33.3 Å². The zero-order valence-corrected chi connectivity index (χ0v) is 48.8. The van der Waals surface area contributed by atoms with Crippen LogP contribution in [0.5, 0.6) is 0 Å². The lowest BCUT2D eigenvalue weighted by atomic mass is 10.0. The second-order valence-electron chi connectivity index (χ2n) is 23.1. The monoisotopic (exact) mass is 1020 g/mol. The van der Waals surface area contributed by atoms with Crippen molar-refractivity contribution in [2.45, 2.75) is 341 Å². The molecule has 0 aromatic rings. The minimum Gasteiger partial charge on any atom is -0.545 e. The van der Waals surface area contributed by atoms with Gasteiger partial charge in [0, 0.05) is 12.8 Å². The molecule has 0 aliphatic rings. The van der Waals surface area contributed by atoms with Gasteiger partial charge in [-0.1, -0.05) is 303 Å². The van der Waals surface area contributed by atoms with Gasteiger partial charge in [-0.2, -0.15) is 0 Å². The van der Waals surface area contributed by atoms with Crippen molar-refractivity contribution in [1.82, 2.24) is 0 Å². The first kappa shape index (κ1) is 70.3.